The number of carboxylic acids is 3. The summed E-state index contributed by atoms with van der Waals surface area (Å²) in [6.45, 7) is 7.09. The lowest BCUT2D eigenvalue weighted by Crippen LogP contribution is -2.64. The van der Waals surface area contributed by atoms with Gasteiger partial charge in [0.25, 0.3) is 17.7 Å². The molecule has 2 unspecified atom stereocenters. The van der Waals surface area contributed by atoms with Crippen molar-refractivity contribution in [2.75, 3.05) is 101 Å². The molecule has 708 valence electrons. The topological polar surface area (TPSA) is 566 Å². The Balaban J connectivity index is 0.582. The van der Waals surface area contributed by atoms with Crippen molar-refractivity contribution in [1.82, 2.24) is 40.2 Å². The molecule has 42 heteroatoms. The molecule has 7 heterocycles. The van der Waals surface area contributed by atoms with Crippen LogP contribution in [0.2, 0.25) is 0 Å². The number of rotatable bonds is 38. The lowest BCUT2D eigenvalue weighted by atomic mass is 9.39. The number of aliphatic hydroxyl groups is 6. The Bertz CT molecular complexity index is 5630. The number of alkyl carbamates (subject to hydrolysis) is 1. The number of nitrogens with zero attached hydrogens (tertiary/aromatic N) is 7. The summed E-state index contributed by atoms with van der Waals surface area (Å²) in [5.41, 5.74) is 3.96. The number of anilines is 4. The maximum atomic E-state index is 14.0. The van der Waals surface area contributed by atoms with Gasteiger partial charge in [-0.1, -0.05) is 61.6 Å². The van der Waals surface area contributed by atoms with Gasteiger partial charge in [-0.2, -0.15) is 5.10 Å². The Labute approximate surface area is 764 Å². The van der Waals surface area contributed by atoms with E-state index in [1.165, 1.54) is 78.0 Å². The molecule has 15 rings (SSSR count). The molecule has 41 nitrogen and oxygen atoms in total. The van der Waals surface area contributed by atoms with E-state index < -0.39 is 133 Å². The van der Waals surface area contributed by atoms with Crippen LogP contribution in [-0.4, -0.2) is 288 Å². The first kappa shape index (κ1) is 96.2. The summed E-state index contributed by atoms with van der Waals surface area (Å²) in [4.78, 5) is 155. The zero-order valence-electron chi connectivity index (χ0n) is 73.2. The predicted molar refractivity (Wildman–Crippen MR) is 472 cm³/mol. The highest BCUT2D eigenvalue weighted by Gasteiger charge is 2.66. The van der Waals surface area contributed by atoms with E-state index in [1.54, 1.807) is 37.6 Å². The van der Waals surface area contributed by atoms with Gasteiger partial charge < -0.3 is 120 Å². The molecule has 133 heavy (non-hydrogen) atoms. The van der Waals surface area contributed by atoms with E-state index in [4.69, 9.17) is 52.7 Å². The van der Waals surface area contributed by atoms with Crippen molar-refractivity contribution in [2.24, 2.45) is 16.2 Å². The van der Waals surface area contributed by atoms with Crippen molar-refractivity contribution in [2.45, 2.75) is 165 Å². The summed E-state index contributed by atoms with van der Waals surface area (Å²) in [6, 6.07) is 23.0. The van der Waals surface area contributed by atoms with Gasteiger partial charge in [-0.15, -0.1) is 0 Å². The molecule has 14 N–H and O–H groups in total. The number of aromatic nitrogens is 4. The zero-order chi connectivity index (χ0) is 95.0. The van der Waals surface area contributed by atoms with Gasteiger partial charge in [-0.3, -0.25) is 43.7 Å². The lowest BCUT2D eigenvalue weighted by Gasteiger charge is -2.69. The van der Waals surface area contributed by atoms with Gasteiger partial charge in [0.15, 0.2) is 23.0 Å². The molecule has 4 aliphatic heterocycles. The smallest absolute Gasteiger partial charge is 0.410 e. The minimum Gasteiger partial charge on any atom is -0.496 e. The summed E-state index contributed by atoms with van der Waals surface area (Å²) in [5.74, 6) is -7.48. The second-order valence-corrected chi connectivity index (χ2v) is 35.8. The molecule has 3 aromatic heterocycles. The summed E-state index contributed by atoms with van der Waals surface area (Å²) < 4.78 is 54.5. The molecular weight excluding hydrogens is 1760 g/mol. The molecule has 4 bridgehead atoms. The number of fused-ring (bicyclic) bond motifs is 2. The third-order valence-corrected chi connectivity index (χ3v) is 25.5. The van der Waals surface area contributed by atoms with Crippen molar-refractivity contribution in [3.63, 3.8) is 0 Å². The van der Waals surface area contributed by atoms with Crippen LogP contribution in [0.1, 0.15) is 120 Å². The number of methoxy groups -OCH3 is 2. The van der Waals surface area contributed by atoms with Crippen LogP contribution in [0.15, 0.2) is 115 Å². The Morgan fingerprint density at radius 3 is 1.81 bits per heavy atom. The largest absolute Gasteiger partial charge is 0.496 e. The third-order valence-electron chi connectivity index (χ3n) is 24.5. The van der Waals surface area contributed by atoms with Gasteiger partial charge in [0.2, 0.25) is 30.3 Å². The van der Waals surface area contributed by atoms with E-state index in [-0.39, 0.29) is 129 Å². The lowest BCUT2D eigenvalue weighted by molar-refractivity contribution is -0.271. The van der Waals surface area contributed by atoms with E-state index in [1.807, 2.05) is 46.8 Å². The average molecular weight is 1860 g/mol. The summed E-state index contributed by atoms with van der Waals surface area (Å²) in [6.07, 6.45) is -7.38. The van der Waals surface area contributed by atoms with Crippen LogP contribution < -0.4 is 45.7 Å². The maximum Gasteiger partial charge on any atom is 0.410 e. The number of carbonyl (C=O) groups is 11. The number of aliphatic carboxylic acids is 2. The second-order valence-electron chi connectivity index (χ2n) is 34.7. The number of benzene rings is 4. The van der Waals surface area contributed by atoms with Gasteiger partial charge in [0, 0.05) is 119 Å². The van der Waals surface area contributed by atoms with E-state index in [0.717, 1.165) is 76.2 Å². The average Bonchev–Trinajstić information content (AvgIpc) is 1.34. The first-order chi connectivity index (χ1) is 63.5. The number of thiazole rings is 1. The first-order valence-corrected chi connectivity index (χ1v) is 43.9. The molecule has 8 aliphatic rings. The van der Waals surface area contributed by atoms with Gasteiger partial charge in [-0.05, 0) is 158 Å². The molecule has 4 aliphatic carbocycles. The number of aliphatic hydroxyl groups excluding tert-OH is 6. The number of hydrogen-bond acceptors (Lipinski definition) is 31. The molecule has 7 aromatic rings. The highest BCUT2D eigenvalue weighted by molar-refractivity contribution is 7.22. The SMILES string of the molecule is COCCN(CCOC12CC3(C)CC(C)(CC(Cn4ncc(-c5ccc(N6CCc7c(OC)ccc(C(=O)Nc8nc9ccccc9s8)c7C6)nc5C(=O)O)c4C)(C3)C1)C2)C(=O)OCC=Cc1ccc(O[C@@H]2O[C@H](C(=O)O)[C@@H](O)[C@H](O)[C@H]2O)c(NC(=O)CCNC(=O)OCC=Cc2ccc(O[C@@H]3O[C@H](C(=O)O)[C@@H](O)[C@H](O)[C@H]3O)c(NC(=O)CCNC(=O)CCN3C(=O)C=CC3=O)c2)c1. The number of para-hydroxylation sites is 1. The number of carboxylic acid groups (broad SMARTS) is 3. The standard InChI is InChI=1S/C91H104N12O29S/c1-49-55(53-17-21-64(98-70(53)80(116)117)101-30-26-52-56(41-101)54(16-20-60(52)125-5)79(115)99-85-97-57-12-6-7-13-63(57)133-85)40-94-103(49)48-90-43-88(2)42-89(3,44-90)46-91(45-88,47-90)128-37-33-100(32-36-124-4)87(123)127-35-9-11-51-15-19-62(130-84-76(114)72(110)74(112)78(132-84)82(120)121)59(39-51)96-67(106)25-29-93-86(122)126-34-8-10-50-14-18-61(129-83-75(113)71(109)73(111)77(131-83)81(118)119)58(38-50)95-66(105)24-28-92-65(104)27-31-102-68(107)22-23-69(102)108/h6-23,38-40,71-78,83-84,109-114H,24-37,41-48H2,1-5H3,(H,92,104)(H,93,122)(H,95,105)(H,96,106)(H,116,117)(H,118,119)(H,120,121)(H,97,99,115)/t71-,72-,73-,74-,75+,76+,77-,78-,83+,84+,88?,89?,90?,91?/m0/s1. The Hall–Kier alpha value is -12.9. The number of ether oxygens (including phenoxy) is 9. The van der Waals surface area contributed by atoms with Crippen LogP contribution in [-0.2, 0) is 81.5 Å². The van der Waals surface area contributed by atoms with Crippen molar-refractivity contribution >= 4 is 122 Å². The normalized spacial score (nSPS) is 25.2. The van der Waals surface area contributed by atoms with E-state index in [9.17, 15) is 98.7 Å². The van der Waals surface area contributed by atoms with Crippen molar-refractivity contribution in [3.8, 4) is 28.4 Å². The molecule has 8 amide bonds. The van der Waals surface area contributed by atoms with Gasteiger partial charge in [0.05, 0.1) is 53.7 Å². The van der Waals surface area contributed by atoms with Gasteiger partial charge >= 0.3 is 30.1 Å². The number of imide groups is 1. The zero-order valence-corrected chi connectivity index (χ0v) is 74.0. The summed E-state index contributed by atoms with van der Waals surface area (Å²) in [7, 11) is 3.09. The van der Waals surface area contributed by atoms with Crippen LogP contribution >= 0.6 is 11.3 Å². The predicted octanol–water partition coefficient (Wildman–Crippen LogP) is 5.39. The first-order valence-electron chi connectivity index (χ1n) is 43.1. The number of aromatic carboxylic acids is 1. The molecule has 0 spiro atoms. The highest BCUT2D eigenvalue weighted by atomic mass is 32.1. The second kappa shape index (κ2) is 41.1. The fourth-order valence-corrected chi connectivity index (χ4v) is 20.4. The Morgan fingerprint density at radius 2 is 1.22 bits per heavy atom. The van der Waals surface area contributed by atoms with Gasteiger partial charge in [0.1, 0.15) is 72.9 Å². The number of pyridine rings is 1. The number of hydrogen-bond donors (Lipinski definition) is 14. The fourth-order valence-electron chi connectivity index (χ4n) is 19.5. The quantitative estimate of drug-likeness (QED) is 0.0216. The minimum atomic E-state index is -2.06. The van der Waals surface area contributed by atoms with Crippen molar-refractivity contribution in [1.29, 1.82) is 0 Å². The van der Waals surface area contributed by atoms with E-state index in [2.05, 4.69) is 45.4 Å². The minimum absolute atomic E-state index is 0.0956. The molecule has 0 radical (unpaired) electrons. The van der Waals surface area contributed by atoms with Crippen LogP contribution in [0.25, 0.3) is 33.5 Å². The van der Waals surface area contributed by atoms with Gasteiger partial charge in [-0.25, -0.2) is 33.9 Å². The van der Waals surface area contributed by atoms with Crippen LogP contribution in [0.5, 0.6) is 17.2 Å². The molecule has 12 atom stereocenters. The summed E-state index contributed by atoms with van der Waals surface area (Å²) >= 11 is 1.37. The maximum absolute atomic E-state index is 14.0. The Morgan fingerprint density at radius 1 is 0.624 bits per heavy atom. The monoisotopic (exact) mass is 1860 g/mol. The van der Waals surface area contributed by atoms with Crippen molar-refractivity contribution in [3.05, 3.63) is 155 Å². The highest BCUT2D eigenvalue weighted by Crippen LogP contribution is 2.72. The number of nitrogens with one attached hydrogen (secondary N) is 5. The molecule has 6 fully saturated rings. The Kier molecular flexibility index (Phi) is 29.7. The molecule has 4 saturated carbocycles. The molecular formula is C91H104N12O29S. The van der Waals surface area contributed by atoms with Crippen molar-refractivity contribution < 1.29 is 141 Å². The van der Waals surface area contributed by atoms with Crippen LogP contribution in [0, 0.1) is 23.2 Å². The molecule has 2 saturated heterocycles. The fraction of sp³-hybridized carbons (Fsp3) is 0.451. The number of amides is 8. The summed E-state index contributed by atoms with van der Waals surface area (Å²) in [5, 5.41) is 112. The third kappa shape index (κ3) is 22.4. The van der Waals surface area contributed by atoms with Crippen LogP contribution in [0.4, 0.5) is 31.9 Å². The van der Waals surface area contributed by atoms with E-state index >= 15 is 0 Å². The molecule has 4 aromatic carbocycles. The van der Waals surface area contributed by atoms with Crippen LogP contribution in [0.3, 0.4) is 0 Å². The van der Waals surface area contributed by atoms with E-state index in [0.29, 0.717) is 70.4 Å². The number of carbonyl (C=O) groups excluding carboxylic acids is 8.